The second-order valence-corrected chi connectivity index (χ2v) is 7.21. The summed E-state index contributed by atoms with van der Waals surface area (Å²) in [5.41, 5.74) is 4.80. The van der Waals surface area contributed by atoms with E-state index < -0.39 is 0 Å². The summed E-state index contributed by atoms with van der Waals surface area (Å²) < 4.78 is 5.56. The number of aryl methyl sites for hydroxylation is 1. The molecule has 29 heavy (non-hydrogen) atoms. The van der Waals surface area contributed by atoms with E-state index in [2.05, 4.69) is 27.2 Å². The number of anilines is 1. The van der Waals surface area contributed by atoms with Gasteiger partial charge in [-0.05, 0) is 43.2 Å². The highest BCUT2D eigenvalue weighted by atomic mass is 16.5. The molecule has 0 aliphatic rings. The van der Waals surface area contributed by atoms with Crippen molar-refractivity contribution in [1.29, 1.82) is 0 Å². The van der Waals surface area contributed by atoms with E-state index in [0.29, 0.717) is 13.0 Å². The molecule has 6 nitrogen and oxygen atoms in total. The molecule has 150 valence electrons. The van der Waals surface area contributed by atoms with Crippen molar-refractivity contribution in [2.45, 2.75) is 33.1 Å². The first kappa shape index (κ1) is 20.5. The van der Waals surface area contributed by atoms with Gasteiger partial charge in [-0.3, -0.25) is 9.78 Å². The topological polar surface area (TPSA) is 77.0 Å². The second kappa shape index (κ2) is 9.28. The van der Waals surface area contributed by atoms with Gasteiger partial charge in [0.15, 0.2) is 0 Å². The molecule has 1 aromatic carbocycles. The molecule has 2 aromatic heterocycles. The Kier molecular flexibility index (Phi) is 6.54. The molecule has 0 spiro atoms. The number of carbonyl (C=O) groups excluding carboxylic acids is 1. The molecule has 1 N–H and O–H groups in total. The Morgan fingerprint density at radius 1 is 1.14 bits per heavy atom. The highest BCUT2D eigenvalue weighted by Gasteiger charge is 2.13. The highest BCUT2D eigenvalue weighted by molar-refractivity contribution is 5.78. The van der Waals surface area contributed by atoms with Crippen molar-refractivity contribution < 1.29 is 9.53 Å². The molecule has 3 aromatic rings. The van der Waals surface area contributed by atoms with Crippen LogP contribution < -0.4 is 10.1 Å². The maximum atomic E-state index is 11.4. The number of nitrogens with zero attached hydrogens (tertiary/aromatic N) is 3. The van der Waals surface area contributed by atoms with Crippen LogP contribution in [0.15, 0.2) is 48.9 Å². The van der Waals surface area contributed by atoms with E-state index in [1.54, 1.807) is 20.4 Å². The van der Waals surface area contributed by atoms with Crippen LogP contribution in [0.4, 0.5) is 5.82 Å². The number of benzene rings is 1. The van der Waals surface area contributed by atoms with Crippen molar-refractivity contribution in [1.82, 2.24) is 15.0 Å². The van der Waals surface area contributed by atoms with Gasteiger partial charge in [0.1, 0.15) is 23.7 Å². The van der Waals surface area contributed by atoms with Gasteiger partial charge in [0.05, 0.1) is 12.8 Å². The molecule has 0 aliphatic carbocycles. The molecule has 1 unspecified atom stereocenters. The lowest BCUT2D eigenvalue weighted by atomic mass is 9.97. The van der Waals surface area contributed by atoms with Crippen LogP contribution >= 0.6 is 0 Å². The number of pyridine rings is 1. The van der Waals surface area contributed by atoms with Crippen LogP contribution in [0, 0.1) is 6.92 Å². The third-order valence-corrected chi connectivity index (χ3v) is 4.75. The van der Waals surface area contributed by atoms with Crippen molar-refractivity contribution in [2.75, 3.05) is 19.0 Å². The lowest BCUT2D eigenvalue weighted by molar-refractivity contribution is -0.116. The summed E-state index contributed by atoms with van der Waals surface area (Å²) in [6.45, 7) is 6.36. The van der Waals surface area contributed by atoms with E-state index in [-0.39, 0.29) is 11.7 Å². The molecule has 0 saturated heterocycles. The molecule has 0 amide bonds. The van der Waals surface area contributed by atoms with Crippen molar-refractivity contribution in [2.24, 2.45) is 0 Å². The third kappa shape index (κ3) is 5.38. The standard InChI is InChI=1S/C23H26N4O2/c1-15(20-8-6-18(9-17(3)28)10-22(20)29-4)12-25-23-11-21(26-14-27-23)19-7-5-16(2)24-13-19/h5-8,10-11,13-15H,9,12H2,1-4H3,(H,25,26,27). The predicted octanol–water partition coefficient (Wildman–Crippen LogP) is 4.20. The fourth-order valence-corrected chi connectivity index (χ4v) is 3.16. The summed E-state index contributed by atoms with van der Waals surface area (Å²) in [6.07, 6.45) is 3.79. The van der Waals surface area contributed by atoms with Crippen LogP contribution in [0.5, 0.6) is 5.75 Å². The molecule has 0 aliphatic heterocycles. The van der Waals surface area contributed by atoms with E-state index in [1.165, 1.54) is 0 Å². The zero-order valence-electron chi connectivity index (χ0n) is 17.3. The average Bonchev–Trinajstić information content (AvgIpc) is 2.72. The van der Waals surface area contributed by atoms with Crippen LogP contribution in [-0.4, -0.2) is 34.4 Å². The monoisotopic (exact) mass is 390 g/mol. The average molecular weight is 390 g/mol. The number of hydrogen-bond donors (Lipinski definition) is 1. The van der Waals surface area contributed by atoms with Gasteiger partial charge in [-0.15, -0.1) is 0 Å². The van der Waals surface area contributed by atoms with Crippen LogP contribution in [0.25, 0.3) is 11.3 Å². The van der Waals surface area contributed by atoms with Crippen LogP contribution in [-0.2, 0) is 11.2 Å². The number of hydrogen-bond acceptors (Lipinski definition) is 6. The van der Waals surface area contributed by atoms with E-state index in [0.717, 1.165) is 39.6 Å². The van der Waals surface area contributed by atoms with Gasteiger partial charge in [-0.25, -0.2) is 9.97 Å². The lowest BCUT2D eigenvalue weighted by Gasteiger charge is -2.18. The van der Waals surface area contributed by atoms with E-state index in [9.17, 15) is 4.79 Å². The molecule has 1 atom stereocenters. The molecule has 0 fully saturated rings. The summed E-state index contributed by atoms with van der Waals surface area (Å²) in [5, 5.41) is 3.38. The number of ketones is 1. The Morgan fingerprint density at radius 3 is 2.66 bits per heavy atom. The smallest absolute Gasteiger partial charge is 0.134 e. The minimum Gasteiger partial charge on any atom is -0.496 e. The van der Waals surface area contributed by atoms with Crippen molar-refractivity contribution in [3.8, 4) is 17.0 Å². The second-order valence-electron chi connectivity index (χ2n) is 7.21. The Labute approximate surface area is 171 Å². The third-order valence-electron chi connectivity index (χ3n) is 4.75. The summed E-state index contributed by atoms with van der Waals surface area (Å²) in [4.78, 5) is 24.4. The Bertz CT molecular complexity index is 986. The number of ether oxygens (including phenoxy) is 1. The van der Waals surface area contributed by atoms with Crippen molar-refractivity contribution >= 4 is 11.6 Å². The van der Waals surface area contributed by atoms with Crippen LogP contribution in [0.2, 0.25) is 0 Å². The van der Waals surface area contributed by atoms with Gasteiger partial charge in [0.2, 0.25) is 0 Å². The molecule has 2 heterocycles. The fourth-order valence-electron chi connectivity index (χ4n) is 3.16. The number of rotatable bonds is 8. The van der Waals surface area contributed by atoms with Gasteiger partial charge < -0.3 is 10.1 Å². The van der Waals surface area contributed by atoms with Gasteiger partial charge in [-0.2, -0.15) is 0 Å². The zero-order valence-corrected chi connectivity index (χ0v) is 17.3. The lowest BCUT2D eigenvalue weighted by Crippen LogP contribution is -2.12. The Hall–Kier alpha value is -3.28. The normalized spacial score (nSPS) is 11.7. The van der Waals surface area contributed by atoms with Crippen LogP contribution in [0.3, 0.4) is 0 Å². The van der Waals surface area contributed by atoms with Gasteiger partial charge >= 0.3 is 0 Å². The van der Waals surface area contributed by atoms with Crippen molar-refractivity contribution in [3.05, 3.63) is 65.7 Å². The summed E-state index contributed by atoms with van der Waals surface area (Å²) in [6, 6.07) is 11.9. The maximum Gasteiger partial charge on any atom is 0.134 e. The first-order chi connectivity index (χ1) is 14.0. The molecule has 0 saturated carbocycles. The minimum atomic E-state index is 0.137. The summed E-state index contributed by atoms with van der Waals surface area (Å²) >= 11 is 0. The van der Waals surface area contributed by atoms with Gasteiger partial charge in [0.25, 0.3) is 0 Å². The first-order valence-electron chi connectivity index (χ1n) is 9.61. The molecule has 0 radical (unpaired) electrons. The molecule has 6 heteroatoms. The predicted molar refractivity (Wildman–Crippen MR) is 114 cm³/mol. The number of Topliss-reactive ketones (excluding diaryl/α,β-unsaturated/α-hetero) is 1. The number of nitrogens with one attached hydrogen (secondary N) is 1. The maximum absolute atomic E-state index is 11.4. The zero-order chi connectivity index (χ0) is 20.8. The first-order valence-corrected chi connectivity index (χ1v) is 9.61. The summed E-state index contributed by atoms with van der Waals surface area (Å²) in [5.74, 6) is 1.88. The minimum absolute atomic E-state index is 0.137. The molecule has 0 bridgehead atoms. The number of aromatic nitrogens is 3. The van der Waals surface area contributed by atoms with Crippen molar-refractivity contribution in [3.63, 3.8) is 0 Å². The molecular formula is C23H26N4O2. The Morgan fingerprint density at radius 2 is 1.97 bits per heavy atom. The summed E-state index contributed by atoms with van der Waals surface area (Å²) in [7, 11) is 1.66. The quantitative estimate of drug-likeness (QED) is 0.621. The number of methoxy groups -OCH3 is 1. The van der Waals surface area contributed by atoms with E-state index in [1.807, 2.05) is 49.5 Å². The van der Waals surface area contributed by atoms with Gasteiger partial charge in [-0.1, -0.05) is 19.1 Å². The largest absolute Gasteiger partial charge is 0.496 e. The molecule has 3 rings (SSSR count). The fraction of sp³-hybridized carbons (Fsp3) is 0.304. The highest BCUT2D eigenvalue weighted by Crippen LogP contribution is 2.28. The van der Waals surface area contributed by atoms with E-state index >= 15 is 0 Å². The van der Waals surface area contributed by atoms with Gasteiger partial charge in [0, 0.05) is 42.4 Å². The van der Waals surface area contributed by atoms with E-state index in [4.69, 9.17) is 4.74 Å². The number of carbonyl (C=O) groups is 1. The Balaban J connectivity index is 1.70. The SMILES string of the molecule is COc1cc(CC(C)=O)ccc1C(C)CNc1cc(-c2ccc(C)nc2)ncn1. The molecular weight excluding hydrogens is 364 g/mol. The van der Waals surface area contributed by atoms with Crippen LogP contribution in [0.1, 0.15) is 36.6 Å².